The Morgan fingerprint density at radius 2 is 1.84 bits per heavy atom. The normalized spacial score (nSPS) is 13.2. The van der Waals surface area contributed by atoms with Crippen LogP contribution in [-0.2, 0) is 13.1 Å². The van der Waals surface area contributed by atoms with E-state index in [1.807, 2.05) is 54.7 Å². The first kappa shape index (κ1) is 15.7. The van der Waals surface area contributed by atoms with Gasteiger partial charge >= 0.3 is 0 Å². The average Bonchev–Trinajstić information content (AvgIpc) is 3.16. The second-order valence-corrected chi connectivity index (χ2v) is 6.37. The summed E-state index contributed by atoms with van der Waals surface area (Å²) in [4.78, 5) is 14.4. The topological polar surface area (TPSA) is 47.4 Å². The number of nitrogens with zero attached hydrogens (tertiary/aromatic N) is 3. The van der Waals surface area contributed by atoms with Gasteiger partial charge in [0, 0.05) is 23.3 Å². The Hall–Kier alpha value is -2.79. The van der Waals surface area contributed by atoms with Crippen molar-refractivity contribution in [3.05, 3.63) is 76.6 Å². The molecule has 1 amide bonds. The van der Waals surface area contributed by atoms with E-state index in [9.17, 15) is 4.79 Å². The maximum absolute atomic E-state index is 12.6. The predicted octanol–water partition coefficient (Wildman–Crippen LogP) is 3.69. The molecule has 0 unspecified atom stereocenters. The zero-order valence-corrected chi connectivity index (χ0v) is 14.4. The van der Waals surface area contributed by atoms with E-state index in [-0.39, 0.29) is 5.91 Å². The van der Waals surface area contributed by atoms with E-state index < -0.39 is 0 Å². The van der Waals surface area contributed by atoms with Crippen LogP contribution >= 0.6 is 11.6 Å². The zero-order chi connectivity index (χ0) is 17.4. The van der Waals surface area contributed by atoms with Crippen LogP contribution in [0.5, 0.6) is 5.75 Å². The van der Waals surface area contributed by atoms with E-state index in [1.165, 1.54) is 0 Å². The van der Waals surface area contributed by atoms with Gasteiger partial charge in [0.25, 0.3) is 5.91 Å². The molecule has 3 aromatic rings. The lowest BCUT2D eigenvalue weighted by Crippen LogP contribution is -2.24. The Morgan fingerprint density at radius 1 is 1.12 bits per heavy atom. The maximum Gasteiger partial charge on any atom is 0.275 e. The van der Waals surface area contributed by atoms with Gasteiger partial charge in [-0.1, -0.05) is 23.7 Å². The number of rotatable bonds is 4. The third-order valence-corrected chi connectivity index (χ3v) is 4.52. The molecule has 4 rings (SSSR count). The molecule has 0 saturated heterocycles. The second-order valence-electron chi connectivity index (χ2n) is 5.93. The van der Waals surface area contributed by atoms with Crippen LogP contribution in [0.3, 0.4) is 0 Å². The van der Waals surface area contributed by atoms with Crippen LogP contribution in [0.15, 0.2) is 54.7 Å². The van der Waals surface area contributed by atoms with Gasteiger partial charge in [-0.3, -0.25) is 4.79 Å². The summed E-state index contributed by atoms with van der Waals surface area (Å²) < 4.78 is 6.89. The lowest BCUT2D eigenvalue weighted by Gasteiger charge is -2.16. The van der Waals surface area contributed by atoms with Crippen LogP contribution in [0, 0.1) is 0 Å². The van der Waals surface area contributed by atoms with Crippen molar-refractivity contribution in [2.45, 2.75) is 13.1 Å². The Kier molecular flexibility index (Phi) is 3.93. The fourth-order valence-electron chi connectivity index (χ4n) is 2.94. The third kappa shape index (κ3) is 2.98. The number of hydrogen-bond donors (Lipinski definition) is 0. The molecule has 0 bridgehead atoms. The average molecular weight is 354 g/mol. The molecule has 2 aromatic carbocycles. The number of hydrogen-bond acceptors (Lipinski definition) is 3. The van der Waals surface area contributed by atoms with Gasteiger partial charge in [0.1, 0.15) is 5.75 Å². The Morgan fingerprint density at radius 3 is 2.48 bits per heavy atom. The highest BCUT2D eigenvalue weighted by molar-refractivity contribution is 6.30. The van der Waals surface area contributed by atoms with Crippen molar-refractivity contribution in [2.75, 3.05) is 7.11 Å². The monoisotopic (exact) mass is 353 g/mol. The summed E-state index contributed by atoms with van der Waals surface area (Å²) in [5, 5.41) is 5.12. The quantitative estimate of drug-likeness (QED) is 0.718. The van der Waals surface area contributed by atoms with Gasteiger partial charge in [-0.15, -0.1) is 0 Å². The molecule has 126 valence electrons. The summed E-state index contributed by atoms with van der Waals surface area (Å²) in [6, 6.07) is 15.1. The van der Waals surface area contributed by atoms with Crippen LogP contribution in [0.4, 0.5) is 0 Å². The summed E-state index contributed by atoms with van der Waals surface area (Å²) in [7, 11) is 1.64. The van der Waals surface area contributed by atoms with Crippen molar-refractivity contribution < 1.29 is 9.53 Å². The van der Waals surface area contributed by atoms with Gasteiger partial charge in [-0.05, 0) is 42.0 Å². The number of ether oxygens (including phenoxy) is 1. The van der Waals surface area contributed by atoms with Crippen molar-refractivity contribution in [3.63, 3.8) is 0 Å². The molecule has 2 heterocycles. The molecular weight excluding hydrogens is 338 g/mol. The molecule has 1 aliphatic heterocycles. The highest BCUT2D eigenvalue weighted by atomic mass is 35.5. The molecule has 0 saturated carbocycles. The summed E-state index contributed by atoms with van der Waals surface area (Å²) in [5.41, 5.74) is 3.40. The molecule has 25 heavy (non-hydrogen) atoms. The summed E-state index contributed by atoms with van der Waals surface area (Å²) in [6.45, 7) is 1.12. The third-order valence-electron chi connectivity index (χ3n) is 4.26. The highest BCUT2D eigenvalue weighted by Gasteiger charge is 2.31. The van der Waals surface area contributed by atoms with Crippen LogP contribution in [0.2, 0.25) is 5.02 Å². The van der Waals surface area contributed by atoms with Gasteiger partial charge in [-0.2, -0.15) is 5.10 Å². The van der Waals surface area contributed by atoms with Gasteiger partial charge in [0.05, 0.1) is 19.3 Å². The summed E-state index contributed by atoms with van der Waals surface area (Å²) in [6.07, 6.45) is 1.91. The van der Waals surface area contributed by atoms with Gasteiger partial charge in [0.2, 0.25) is 0 Å². The molecule has 0 aliphatic carbocycles. The van der Waals surface area contributed by atoms with Crippen molar-refractivity contribution in [3.8, 4) is 11.4 Å². The lowest BCUT2D eigenvalue weighted by atomic mass is 10.2. The molecule has 1 aromatic heterocycles. The van der Waals surface area contributed by atoms with E-state index in [4.69, 9.17) is 16.3 Å². The highest BCUT2D eigenvalue weighted by Crippen LogP contribution is 2.25. The van der Waals surface area contributed by atoms with E-state index in [0.29, 0.717) is 23.8 Å². The zero-order valence-electron chi connectivity index (χ0n) is 13.6. The van der Waals surface area contributed by atoms with Crippen molar-refractivity contribution >= 4 is 17.5 Å². The fourth-order valence-corrected chi connectivity index (χ4v) is 3.06. The first-order valence-corrected chi connectivity index (χ1v) is 8.28. The van der Waals surface area contributed by atoms with Crippen LogP contribution in [0.25, 0.3) is 5.69 Å². The number of carbonyl (C=O) groups excluding carboxylic acids is 1. The van der Waals surface area contributed by atoms with Gasteiger partial charge < -0.3 is 9.64 Å². The number of fused-ring (bicyclic) bond motifs is 1. The number of methoxy groups -OCH3 is 1. The van der Waals surface area contributed by atoms with Crippen molar-refractivity contribution in [1.29, 1.82) is 0 Å². The maximum atomic E-state index is 12.6. The fraction of sp³-hybridized carbons (Fsp3) is 0.158. The Bertz CT molecular complexity index is 917. The standard InChI is InChI=1S/C19H16ClN3O2/c1-25-17-8-2-13(3-9-17)10-22-11-14-12-23(21-18(14)19(22)24)16-6-4-15(20)5-7-16/h2-9,12H,10-11H2,1H3. The minimum Gasteiger partial charge on any atom is -0.497 e. The molecule has 0 N–H and O–H groups in total. The van der Waals surface area contributed by atoms with Crippen molar-refractivity contribution in [1.82, 2.24) is 14.7 Å². The number of amides is 1. The van der Waals surface area contributed by atoms with Crippen LogP contribution < -0.4 is 4.74 Å². The molecule has 0 fully saturated rings. The summed E-state index contributed by atoms with van der Waals surface area (Å²) >= 11 is 5.91. The first-order valence-electron chi connectivity index (χ1n) is 7.91. The SMILES string of the molecule is COc1ccc(CN2Cc3cn(-c4ccc(Cl)cc4)nc3C2=O)cc1. The predicted molar refractivity (Wildman–Crippen MR) is 95.1 cm³/mol. The van der Waals surface area contributed by atoms with Gasteiger partial charge in [0.15, 0.2) is 5.69 Å². The Balaban J connectivity index is 1.52. The molecule has 6 heteroatoms. The Labute approximate surface area is 150 Å². The molecule has 0 atom stereocenters. The van der Waals surface area contributed by atoms with Crippen LogP contribution in [-0.4, -0.2) is 27.7 Å². The van der Waals surface area contributed by atoms with E-state index in [1.54, 1.807) is 16.7 Å². The molecular formula is C19H16ClN3O2. The summed E-state index contributed by atoms with van der Waals surface area (Å²) in [5.74, 6) is 0.762. The van der Waals surface area contributed by atoms with Crippen LogP contribution in [0.1, 0.15) is 21.6 Å². The molecule has 0 radical (unpaired) electrons. The minimum absolute atomic E-state index is 0.0430. The second kappa shape index (κ2) is 6.26. The molecule has 1 aliphatic rings. The van der Waals surface area contributed by atoms with Crippen molar-refractivity contribution in [2.24, 2.45) is 0 Å². The smallest absolute Gasteiger partial charge is 0.275 e. The van der Waals surface area contributed by atoms with E-state index in [0.717, 1.165) is 22.6 Å². The number of benzene rings is 2. The molecule has 5 nitrogen and oxygen atoms in total. The number of halogens is 1. The first-order chi connectivity index (χ1) is 12.1. The largest absolute Gasteiger partial charge is 0.497 e. The lowest BCUT2D eigenvalue weighted by molar-refractivity contribution is 0.0760. The van der Waals surface area contributed by atoms with E-state index in [2.05, 4.69) is 5.10 Å². The minimum atomic E-state index is -0.0430. The molecule has 0 spiro atoms. The van der Waals surface area contributed by atoms with E-state index >= 15 is 0 Å². The van der Waals surface area contributed by atoms with Gasteiger partial charge in [-0.25, -0.2) is 4.68 Å². The number of carbonyl (C=O) groups is 1. The number of aromatic nitrogens is 2.